The van der Waals surface area contributed by atoms with E-state index in [1.165, 1.54) is 12.1 Å². The van der Waals surface area contributed by atoms with Crippen molar-refractivity contribution >= 4 is 65.4 Å². The van der Waals surface area contributed by atoms with Crippen LogP contribution in [0, 0.1) is 21.0 Å². The van der Waals surface area contributed by atoms with Crippen LogP contribution in [0.15, 0.2) is 34.1 Å². The molecule has 6 nitrogen and oxygen atoms in total. The van der Waals surface area contributed by atoms with Crippen LogP contribution in [0.25, 0.3) is 11.1 Å². The van der Waals surface area contributed by atoms with Crippen molar-refractivity contribution in [2.24, 2.45) is 0 Å². The van der Waals surface area contributed by atoms with Gasteiger partial charge in [-0.25, -0.2) is 0 Å². The third-order valence-corrected chi connectivity index (χ3v) is 6.34. The first-order valence-corrected chi connectivity index (χ1v) is 11.4. The Morgan fingerprint density at radius 1 is 0.708 bits per heavy atom. The minimum atomic E-state index is -4.60. The van der Waals surface area contributed by atoms with Crippen molar-refractivity contribution in [3.8, 4) is 11.1 Å². The summed E-state index contributed by atoms with van der Waals surface area (Å²) in [6, 6.07) is 5.83. The van der Waals surface area contributed by atoms with E-state index in [0.29, 0.717) is 18.3 Å². The largest absolute Gasteiger partial charge is 0.295 e. The van der Waals surface area contributed by atoms with Crippen molar-refractivity contribution in [3.63, 3.8) is 0 Å². The Kier molecular flexibility index (Phi) is 5.67. The lowest BCUT2D eigenvalue weighted by Crippen LogP contribution is -2.08. The summed E-state index contributed by atoms with van der Waals surface area (Å²) in [5, 5.41) is 0. The van der Waals surface area contributed by atoms with Crippen LogP contribution in [0.2, 0.25) is 0 Å². The maximum Gasteiger partial charge on any atom is 0.295 e. The molecule has 10 heteroatoms. The van der Waals surface area contributed by atoms with E-state index >= 15 is 0 Å². The molecular weight excluding hydrogens is 582 g/mol. The highest BCUT2D eigenvalue weighted by Crippen LogP contribution is 2.39. The van der Waals surface area contributed by atoms with Gasteiger partial charge in [-0.05, 0) is 94.4 Å². The van der Waals surface area contributed by atoms with Crippen molar-refractivity contribution < 1.29 is 25.9 Å². The van der Waals surface area contributed by atoms with E-state index in [2.05, 4.69) is 0 Å². The van der Waals surface area contributed by atoms with Gasteiger partial charge in [0.15, 0.2) is 0 Å². The number of aryl methyl sites for hydroxylation is 2. The zero-order valence-corrected chi connectivity index (χ0v) is 18.4. The molecule has 0 atom stereocenters. The third-order valence-electron chi connectivity index (χ3n) is 3.33. The maximum atomic E-state index is 11.8. The van der Waals surface area contributed by atoms with Gasteiger partial charge in [-0.3, -0.25) is 9.11 Å². The molecular formula is C14H12I2O6S2. The molecule has 0 unspecified atom stereocenters. The van der Waals surface area contributed by atoms with Crippen LogP contribution in [0.1, 0.15) is 11.1 Å². The quantitative estimate of drug-likeness (QED) is 0.415. The number of hydrogen-bond acceptors (Lipinski definition) is 4. The van der Waals surface area contributed by atoms with Gasteiger partial charge >= 0.3 is 0 Å². The molecule has 24 heavy (non-hydrogen) atoms. The van der Waals surface area contributed by atoms with Gasteiger partial charge in [-0.1, -0.05) is 0 Å². The van der Waals surface area contributed by atoms with E-state index in [1.807, 2.05) is 45.2 Å². The summed E-state index contributed by atoms with van der Waals surface area (Å²) in [6.45, 7) is 3.22. The lowest BCUT2D eigenvalue weighted by atomic mass is 9.96. The second-order valence-corrected chi connectivity index (χ2v) is 10.4. The summed E-state index contributed by atoms with van der Waals surface area (Å²) >= 11 is 3.80. The SMILES string of the molecule is Cc1cc(I)cc(S(=O)(=O)O)c1-c1c(C)cc(I)cc1S(=O)(=O)O. The third kappa shape index (κ3) is 4.09. The van der Waals surface area contributed by atoms with E-state index in [4.69, 9.17) is 0 Å². The predicted octanol–water partition coefficient (Wildman–Crippen LogP) is 3.67. The lowest BCUT2D eigenvalue weighted by Gasteiger charge is -2.17. The summed E-state index contributed by atoms with van der Waals surface area (Å²) < 4.78 is 67.5. The normalized spacial score (nSPS) is 12.4. The topological polar surface area (TPSA) is 109 Å². The van der Waals surface area contributed by atoms with Crippen LogP contribution in [-0.2, 0) is 20.2 Å². The van der Waals surface area contributed by atoms with Gasteiger partial charge < -0.3 is 0 Å². The van der Waals surface area contributed by atoms with Gasteiger partial charge in [0.05, 0.1) is 0 Å². The molecule has 0 saturated heterocycles. The standard InChI is InChI=1S/C14H12I2O6S2/c1-7-3-9(15)5-11(23(17,18)19)13(7)14-8(2)4-10(16)6-12(14)24(20,21)22/h3-6H,1-2H3,(H,17,18,19)(H,20,21,22). The van der Waals surface area contributed by atoms with Crippen LogP contribution < -0.4 is 0 Å². The van der Waals surface area contributed by atoms with Gasteiger partial charge in [0.25, 0.3) is 20.2 Å². The summed E-state index contributed by atoms with van der Waals surface area (Å²) in [4.78, 5) is -0.804. The van der Waals surface area contributed by atoms with Crippen LogP contribution in [0.5, 0.6) is 0 Å². The maximum absolute atomic E-state index is 11.8. The highest BCUT2D eigenvalue weighted by molar-refractivity contribution is 14.1. The molecule has 0 bridgehead atoms. The second-order valence-electron chi connectivity index (χ2n) is 5.14. The van der Waals surface area contributed by atoms with Crippen LogP contribution >= 0.6 is 45.2 Å². The van der Waals surface area contributed by atoms with Crippen molar-refractivity contribution in [1.29, 1.82) is 0 Å². The molecule has 2 N–H and O–H groups in total. The summed E-state index contributed by atoms with van der Waals surface area (Å²) in [7, 11) is -9.20. The minimum absolute atomic E-state index is 0.0550. The molecule has 0 amide bonds. The zero-order chi connectivity index (χ0) is 18.4. The molecule has 0 aliphatic carbocycles. The fourth-order valence-electron chi connectivity index (χ4n) is 2.47. The Labute approximate surface area is 167 Å². The van der Waals surface area contributed by atoms with Crippen molar-refractivity contribution in [1.82, 2.24) is 0 Å². The first-order chi connectivity index (χ1) is 10.8. The Balaban J connectivity index is 3.10. The Morgan fingerprint density at radius 3 is 1.25 bits per heavy atom. The fourth-order valence-corrected chi connectivity index (χ4v) is 6.05. The molecule has 0 fully saturated rings. The van der Waals surface area contributed by atoms with Crippen LogP contribution in [-0.4, -0.2) is 25.9 Å². The van der Waals surface area contributed by atoms with Gasteiger partial charge in [0.1, 0.15) is 9.79 Å². The van der Waals surface area contributed by atoms with Crippen molar-refractivity contribution in [3.05, 3.63) is 42.5 Å². The predicted molar refractivity (Wildman–Crippen MR) is 106 cm³/mol. The zero-order valence-electron chi connectivity index (χ0n) is 12.4. The average Bonchev–Trinajstić information content (AvgIpc) is 2.36. The number of benzene rings is 2. The van der Waals surface area contributed by atoms with Crippen LogP contribution in [0.3, 0.4) is 0 Å². The molecule has 0 heterocycles. The molecule has 2 aromatic rings. The van der Waals surface area contributed by atoms with Gasteiger partial charge in [0, 0.05) is 18.3 Å². The summed E-state index contributed by atoms with van der Waals surface area (Å²) in [5.74, 6) is 0. The molecule has 0 aromatic heterocycles. The Hall–Kier alpha value is -0.280. The van der Waals surface area contributed by atoms with Crippen molar-refractivity contribution in [2.75, 3.05) is 0 Å². The molecule has 2 aromatic carbocycles. The van der Waals surface area contributed by atoms with Crippen LogP contribution in [0.4, 0.5) is 0 Å². The molecule has 0 aliphatic heterocycles. The molecule has 0 aliphatic rings. The van der Waals surface area contributed by atoms with Crippen molar-refractivity contribution in [2.45, 2.75) is 23.6 Å². The van der Waals surface area contributed by atoms with Gasteiger partial charge in [-0.2, -0.15) is 16.8 Å². The highest BCUT2D eigenvalue weighted by Gasteiger charge is 2.27. The molecule has 0 spiro atoms. The molecule has 2 rings (SSSR count). The highest BCUT2D eigenvalue weighted by atomic mass is 127. The second kappa shape index (κ2) is 6.79. The first-order valence-electron chi connectivity index (χ1n) is 6.38. The molecule has 0 radical (unpaired) electrons. The number of halogens is 2. The van der Waals surface area contributed by atoms with E-state index in [1.54, 1.807) is 26.0 Å². The molecule has 130 valence electrons. The van der Waals surface area contributed by atoms with E-state index in [0.717, 1.165) is 0 Å². The summed E-state index contributed by atoms with van der Waals surface area (Å²) in [5.41, 5.74) is 1.03. The van der Waals surface area contributed by atoms with E-state index in [9.17, 15) is 25.9 Å². The minimum Gasteiger partial charge on any atom is -0.282 e. The lowest BCUT2D eigenvalue weighted by molar-refractivity contribution is 0.480. The summed E-state index contributed by atoms with van der Waals surface area (Å²) in [6.07, 6.45) is 0. The fraction of sp³-hybridized carbons (Fsp3) is 0.143. The number of rotatable bonds is 3. The van der Waals surface area contributed by atoms with E-state index < -0.39 is 30.0 Å². The molecule has 0 saturated carbocycles. The first kappa shape index (κ1) is 20.0. The monoisotopic (exact) mass is 594 g/mol. The number of hydrogen-bond donors (Lipinski definition) is 2. The van der Waals surface area contributed by atoms with Gasteiger partial charge in [-0.15, -0.1) is 0 Å². The van der Waals surface area contributed by atoms with Gasteiger partial charge in [0.2, 0.25) is 0 Å². The van der Waals surface area contributed by atoms with E-state index in [-0.39, 0.29) is 11.1 Å². The Morgan fingerprint density at radius 2 is 1.00 bits per heavy atom. The Bertz CT molecular complexity index is 958. The smallest absolute Gasteiger partial charge is 0.282 e. The average molecular weight is 594 g/mol.